The minimum absolute atomic E-state index is 0.179. The average molecular weight is 195 g/mol. The third-order valence-corrected chi connectivity index (χ3v) is 1.74. The summed E-state index contributed by atoms with van der Waals surface area (Å²) in [5.74, 6) is -0.616. The van der Waals surface area contributed by atoms with Gasteiger partial charge in [0.25, 0.3) is 0 Å². The zero-order valence-electron chi connectivity index (χ0n) is 7.99. The number of carboxylic acid groups (broad SMARTS) is 1. The minimum atomic E-state index is -0.985. The molecular weight excluding hydrogens is 182 g/mol. The van der Waals surface area contributed by atoms with Crippen LogP contribution in [0.25, 0.3) is 0 Å². The van der Waals surface area contributed by atoms with Gasteiger partial charge in [-0.1, -0.05) is 11.6 Å². The first-order valence-electron chi connectivity index (χ1n) is 4.32. The molecule has 0 bridgehead atoms. The van der Waals surface area contributed by atoms with Crippen LogP contribution in [0.15, 0.2) is 18.2 Å². The van der Waals surface area contributed by atoms with E-state index in [0.29, 0.717) is 18.9 Å². The van der Waals surface area contributed by atoms with Crippen molar-refractivity contribution in [1.82, 2.24) is 0 Å². The molecule has 0 spiro atoms. The van der Waals surface area contributed by atoms with Crippen molar-refractivity contribution in [2.45, 2.75) is 6.92 Å². The molecule has 4 nitrogen and oxygen atoms in total. The van der Waals surface area contributed by atoms with Crippen LogP contribution in [0.1, 0.15) is 15.9 Å². The van der Waals surface area contributed by atoms with Gasteiger partial charge in [0.15, 0.2) is 0 Å². The van der Waals surface area contributed by atoms with Gasteiger partial charge >= 0.3 is 5.97 Å². The monoisotopic (exact) mass is 195 g/mol. The number of hydrogen-bond acceptors (Lipinski definition) is 3. The van der Waals surface area contributed by atoms with Gasteiger partial charge in [0, 0.05) is 6.54 Å². The van der Waals surface area contributed by atoms with Gasteiger partial charge in [-0.15, -0.1) is 0 Å². The number of ether oxygens (including phenoxy) is 1. The molecule has 0 atom stereocenters. The first-order chi connectivity index (χ1) is 6.65. The average Bonchev–Trinajstić information content (AvgIpc) is 2.15. The molecule has 0 saturated carbocycles. The Hall–Kier alpha value is -1.55. The van der Waals surface area contributed by atoms with E-state index >= 15 is 0 Å². The highest BCUT2D eigenvalue weighted by atomic mass is 16.5. The number of carbonyl (C=O) groups is 1. The number of aryl methyl sites for hydroxylation is 1. The molecule has 0 heterocycles. The molecule has 14 heavy (non-hydrogen) atoms. The maximum atomic E-state index is 10.8. The van der Waals surface area contributed by atoms with Crippen LogP contribution in [0, 0.1) is 6.92 Å². The summed E-state index contributed by atoms with van der Waals surface area (Å²) in [6, 6.07) is 5.03. The Labute approximate surface area is 82.3 Å². The molecule has 0 radical (unpaired) electrons. The van der Waals surface area contributed by atoms with Gasteiger partial charge in [-0.25, -0.2) is 4.79 Å². The number of rotatable bonds is 4. The highest BCUT2D eigenvalue weighted by molar-refractivity contribution is 5.91. The Kier molecular flexibility index (Phi) is 3.48. The summed E-state index contributed by atoms with van der Waals surface area (Å²) in [7, 11) is 0. The summed E-state index contributed by atoms with van der Waals surface area (Å²) in [6.07, 6.45) is 0. The standard InChI is InChI=1S/C10H13NO3/c1-7-2-3-9(14-5-4-11)8(6-7)10(12)13/h2-3,6H,4-5,11H2,1H3,(H,12,13). The molecule has 0 fully saturated rings. The number of hydrogen-bond donors (Lipinski definition) is 2. The quantitative estimate of drug-likeness (QED) is 0.752. The SMILES string of the molecule is Cc1ccc(OCCN)c(C(=O)O)c1. The van der Waals surface area contributed by atoms with Crippen LogP contribution in [-0.2, 0) is 0 Å². The number of carboxylic acids is 1. The fourth-order valence-electron chi connectivity index (χ4n) is 1.11. The Morgan fingerprint density at radius 2 is 2.29 bits per heavy atom. The summed E-state index contributed by atoms with van der Waals surface area (Å²) < 4.78 is 5.20. The van der Waals surface area contributed by atoms with Crippen LogP contribution in [0.3, 0.4) is 0 Å². The lowest BCUT2D eigenvalue weighted by Gasteiger charge is -2.08. The van der Waals surface area contributed by atoms with Gasteiger partial charge in [0.1, 0.15) is 17.9 Å². The van der Waals surface area contributed by atoms with Crippen molar-refractivity contribution in [2.24, 2.45) is 5.73 Å². The molecule has 0 aliphatic carbocycles. The van der Waals surface area contributed by atoms with Gasteiger partial charge in [0.2, 0.25) is 0 Å². The molecule has 76 valence electrons. The van der Waals surface area contributed by atoms with E-state index in [1.54, 1.807) is 18.2 Å². The normalized spacial score (nSPS) is 9.86. The Morgan fingerprint density at radius 3 is 2.86 bits per heavy atom. The predicted octanol–water partition coefficient (Wildman–Crippen LogP) is 1.03. The van der Waals surface area contributed by atoms with Crippen molar-refractivity contribution in [3.05, 3.63) is 29.3 Å². The molecule has 1 aromatic rings. The van der Waals surface area contributed by atoms with Crippen LogP contribution in [0.5, 0.6) is 5.75 Å². The number of benzene rings is 1. The van der Waals surface area contributed by atoms with Gasteiger partial charge in [-0.2, -0.15) is 0 Å². The maximum absolute atomic E-state index is 10.8. The van der Waals surface area contributed by atoms with Crippen LogP contribution in [0.4, 0.5) is 0 Å². The van der Waals surface area contributed by atoms with Gasteiger partial charge < -0.3 is 15.6 Å². The van der Waals surface area contributed by atoms with E-state index in [1.807, 2.05) is 6.92 Å². The zero-order chi connectivity index (χ0) is 10.6. The molecule has 1 rings (SSSR count). The van der Waals surface area contributed by atoms with E-state index in [2.05, 4.69) is 0 Å². The smallest absolute Gasteiger partial charge is 0.339 e. The van der Waals surface area contributed by atoms with Crippen molar-refractivity contribution in [2.75, 3.05) is 13.2 Å². The Morgan fingerprint density at radius 1 is 1.57 bits per heavy atom. The van der Waals surface area contributed by atoms with Crippen molar-refractivity contribution < 1.29 is 14.6 Å². The van der Waals surface area contributed by atoms with Gasteiger partial charge in [0.05, 0.1) is 0 Å². The molecule has 0 aliphatic heterocycles. The first-order valence-corrected chi connectivity index (χ1v) is 4.32. The Balaban J connectivity index is 2.96. The molecule has 3 N–H and O–H groups in total. The summed E-state index contributed by atoms with van der Waals surface area (Å²) in [6.45, 7) is 2.52. The fourth-order valence-corrected chi connectivity index (χ4v) is 1.11. The summed E-state index contributed by atoms with van der Waals surface area (Å²) >= 11 is 0. The molecule has 0 aromatic heterocycles. The third kappa shape index (κ3) is 2.47. The highest BCUT2D eigenvalue weighted by Gasteiger charge is 2.10. The maximum Gasteiger partial charge on any atom is 0.339 e. The molecular formula is C10H13NO3. The van der Waals surface area contributed by atoms with Crippen molar-refractivity contribution in [3.63, 3.8) is 0 Å². The lowest BCUT2D eigenvalue weighted by atomic mass is 10.1. The van der Waals surface area contributed by atoms with E-state index in [-0.39, 0.29) is 5.56 Å². The first kappa shape index (κ1) is 10.5. The van der Waals surface area contributed by atoms with Gasteiger partial charge in [-0.3, -0.25) is 0 Å². The van der Waals surface area contributed by atoms with E-state index in [1.165, 1.54) is 0 Å². The van der Waals surface area contributed by atoms with E-state index in [9.17, 15) is 4.79 Å². The topological polar surface area (TPSA) is 72.5 Å². The van der Waals surface area contributed by atoms with Crippen molar-refractivity contribution in [1.29, 1.82) is 0 Å². The number of aromatic carboxylic acids is 1. The molecule has 1 aromatic carbocycles. The largest absolute Gasteiger partial charge is 0.491 e. The van der Waals surface area contributed by atoms with E-state index in [4.69, 9.17) is 15.6 Å². The van der Waals surface area contributed by atoms with E-state index < -0.39 is 5.97 Å². The minimum Gasteiger partial charge on any atom is -0.491 e. The second kappa shape index (κ2) is 4.62. The molecule has 0 aliphatic rings. The second-order valence-corrected chi connectivity index (χ2v) is 2.94. The molecule has 0 saturated heterocycles. The van der Waals surface area contributed by atoms with Crippen molar-refractivity contribution >= 4 is 5.97 Å². The van der Waals surface area contributed by atoms with Crippen molar-refractivity contribution in [3.8, 4) is 5.75 Å². The summed E-state index contributed by atoms with van der Waals surface area (Å²) in [4.78, 5) is 10.8. The Bertz CT molecular complexity index is 336. The third-order valence-electron chi connectivity index (χ3n) is 1.74. The van der Waals surface area contributed by atoms with E-state index in [0.717, 1.165) is 5.56 Å². The van der Waals surface area contributed by atoms with Crippen LogP contribution < -0.4 is 10.5 Å². The lowest BCUT2D eigenvalue weighted by molar-refractivity contribution is 0.0692. The van der Waals surface area contributed by atoms with Crippen LogP contribution >= 0.6 is 0 Å². The second-order valence-electron chi connectivity index (χ2n) is 2.94. The zero-order valence-corrected chi connectivity index (χ0v) is 7.99. The number of nitrogens with two attached hydrogens (primary N) is 1. The van der Waals surface area contributed by atoms with Gasteiger partial charge in [-0.05, 0) is 19.1 Å². The van der Waals surface area contributed by atoms with Crippen LogP contribution in [-0.4, -0.2) is 24.2 Å². The van der Waals surface area contributed by atoms with Crippen LogP contribution in [0.2, 0.25) is 0 Å². The molecule has 0 unspecified atom stereocenters. The highest BCUT2D eigenvalue weighted by Crippen LogP contribution is 2.19. The lowest BCUT2D eigenvalue weighted by Crippen LogP contribution is -2.12. The fraction of sp³-hybridized carbons (Fsp3) is 0.300. The molecule has 0 amide bonds. The summed E-state index contributed by atoms with van der Waals surface area (Å²) in [5, 5.41) is 8.88. The predicted molar refractivity (Wildman–Crippen MR) is 52.7 cm³/mol. The summed E-state index contributed by atoms with van der Waals surface area (Å²) in [5.41, 5.74) is 6.33. The molecule has 4 heteroatoms.